The van der Waals surface area contributed by atoms with Crippen LogP contribution in [0.3, 0.4) is 0 Å². The second-order valence-corrected chi connectivity index (χ2v) is 6.95. The van der Waals surface area contributed by atoms with Crippen molar-refractivity contribution in [2.45, 2.75) is 11.6 Å². The topological polar surface area (TPSA) is 71.1 Å². The molecule has 1 aromatic carbocycles. The van der Waals surface area contributed by atoms with E-state index in [1.54, 1.807) is 37.3 Å². The Labute approximate surface area is 151 Å². The predicted molar refractivity (Wildman–Crippen MR) is 93.1 cm³/mol. The van der Waals surface area contributed by atoms with Crippen molar-refractivity contribution in [1.29, 1.82) is 0 Å². The summed E-state index contributed by atoms with van der Waals surface area (Å²) >= 11 is 6.16. The Balaban J connectivity index is 1.65. The van der Waals surface area contributed by atoms with Crippen LogP contribution in [0.15, 0.2) is 18.2 Å². The maximum Gasteiger partial charge on any atom is 0.255 e. The third kappa shape index (κ3) is 3.31. The predicted octanol–water partition coefficient (Wildman–Crippen LogP) is 0.620. The summed E-state index contributed by atoms with van der Waals surface area (Å²) in [6.07, 6.45) is 0. The number of nitrogens with one attached hydrogen (secondary N) is 1. The van der Waals surface area contributed by atoms with Crippen LogP contribution < -0.4 is 10.1 Å². The number of carbonyl (C=O) groups excluding carboxylic acids is 2. The molecular weight excluding hydrogens is 346 g/mol. The average molecular weight is 368 g/mol. The summed E-state index contributed by atoms with van der Waals surface area (Å²) in [5.74, 6) is 0.382. The van der Waals surface area contributed by atoms with E-state index in [-0.39, 0.29) is 17.9 Å². The number of hydrogen-bond acceptors (Lipinski definition) is 5. The van der Waals surface area contributed by atoms with Crippen molar-refractivity contribution in [3.63, 3.8) is 0 Å². The molecule has 0 saturated carbocycles. The zero-order chi connectivity index (χ0) is 18.2. The molecule has 0 unspecified atom stereocenters. The smallest absolute Gasteiger partial charge is 0.255 e. The van der Waals surface area contributed by atoms with E-state index >= 15 is 0 Å². The number of rotatable bonds is 3. The van der Waals surface area contributed by atoms with E-state index in [4.69, 9.17) is 21.1 Å². The minimum atomic E-state index is -0.416. The van der Waals surface area contributed by atoms with Crippen LogP contribution in [0, 0.1) is 0 Å². The molecule has 2 amide bonds. The van der Waals surface area contributed by atoms with Crippen LogP contribution in [-0.2, 0) is 9.53 Å². The van der Waals surface area contributed by atoms with Crippen molar-refractivity contribution in [2.24, 2.45) is 0 Å². The Hall–Kier alpha value is -1.83. The van der Waals surface area contributed by atoms with Crippen LogP contribution in [0.25, 0.3) is 0 Å². The summed E-state index contributed by atoms with van der Waals surface area (Å²) < 4.78 is 11.1. The van der Waals surface area contributed by atoms with E-state index in [0.29, 0.717) is 42.6 Å². The normalized spacial score (nSPS) is 22.4. The van der Waals surface area contributed by atoms with Gasteiger partial charge in [-0.15, -0.1) is 0 Å². The highest BCUT2D eigenvalue weighted by molar-refractivity contribution is 6.33. The summed E-state index contributed by atoms with van der Waals surface area (Å²) in [5.41, 5.74) is 0.00330. The summed E-state index contributed by atoms with van der Waals surface area (Å²) in [7, 11) is 5.06. The fraction of sp³-hybridized carbons (Fsp3) is 0.529. The van der Waals surface area contributed by atoms with Gasteiger partial charge in [-0.1, -0.05) is 11.6 Å². The van der Waals surface area contributed by atoms with E-state index in [2.05, 4.69) is 5.32 Å². The van der Waals surface area contributed by atoms with Gasteiger partial charge >= 0.3 is 0 Å². The monoisotopic (exact) mass is 367 g/mol. The molecule has 2 heterocycles. The van der Waals surface area contributed by atoms with Crippen molar-refractivity contribution < 1.29 is 19.1 Å². The zero-order valence-electron chi connectivity index (χ0n) is 14.5. The second kappa shape index (κ2) is 6.82. The van der Waals surface area contributed by atoms with Crippen molar-refractivity contribution in [1.82, 2.24) is 15.1 Å². The Morgan fingerprint density at radius 2 is 2.08 bits per heavy atom. The van der Waals surface area contributed by atoms with E-state index in [1.807, 2.05) is 11.9 Å². The molecule has 3 rings (SSSR count). The summed E-state index contributed by atoms with van der Waals surface area (Å²) in [6.45, 7) is 1.87. The Morgan fingerprint density at radius 1 is 1.36 bits per heavy atom. The molecule has 2 aliphatic heterocycles. The van der Waals surface area contributed by atoms with Crippen molar-refractivity contribution >= 4 is 23.4 Å². The van der Waals surface area contributed by atoms with Gasteiger partial charge in [0.1, 0.15) is 17.4 Å². The highest BCUT2D eigenvalue weighted by Gasteiger charge is 2.51. The van der Waals surface area contributed by atoms with Gasteiger partial charge in [-0.2, -0.15) is 0 Å². The quantitative estimate of drug-likeness (QED) is 0.848. The number of carbonyl (C=O) groups is 2. The molecule has 8 heteroatoms. The van der Waals surface area contributed by atoms with Gasteiger partial charge < -0.3 is 19.7 Å². The van der Waals surface area contributed by atoms with Crippen LogP contribution in [0.1, 0.15) is 10.4 Å². The number of hydrogen-bond donors (Lipinski definition) is 1. The minimum Gasteiger partial charge on any atom is -0.497 e. The molecule has 0 aromatic heterocycles. The lowest BCUT2D eigenvalue weighted by molar-refractivity contribution is -0.187. The Bertz CT molecular complexity index is 690. The average Bonchev–Trinajstić information content (AvgIpc) is 2.58. The molecule has 0 bridgehead atoms. The van der Waals surface area contributed by atoms with Crippen LogP contribution in [0.2, 0.25) is 5.02 Å². The maximum atomic E-state index is 12.7. The minimum absolute atomic E-state index is 0.0623. The third-order valence-corrected chi connectivity index (χ3v) is 5.14. The van der Waals surface area contributed by atoms with Gasteiger partial charge in [0.05, 0.1) is 37.4 Å². The zero-order valence-corrected chi connectivity index (χ0v) is 15.3. The van der Waals surface area contributed by atoms with Gasteiger partial charge in [-0.3, -0.25) is 14.5 Å². The summed E-state index contributed by atoms with van der Waals surface area (Å²) in [6, 6.07) is 4.72. The standard InChI is InChI=1S/C17H22ClN3O4/c1-19-15(22)14-7-25-17(8-20(14)2)9-21(10-17)16(23)12-6-11(24-3)4-5-13(12)18/h4-6,14H,7-10H2,1-3H3,(H,19,22)/t14-/m1/s1. The van der Waals surface area contributed by atoms with Crippen molar-refractivity contribution in [2.75, 3.05) is 47.4 Å². The second-order valence-electron chi connectivity index (χ2n) is 6.55. The van der Waals surface area contributed by atoms with Crippen LogP contribution in [0.5, 0.6) is 5.75 Å². The molecule has 0 radical (unpaired) electrons. The molecule has 1 spiro atoms. The van der Waals surface area contributed by atoms with Crippen molar-refractivity contribution in [3.05, 3.63) is 28.8 Å². The molecule has 1 atom stereocenters. The van der Waals surface area contributed by atoms with Gasteiger partial charge in [0.25, 0.3) is 5.91 Å². The van der Waals surface area contributed by atoms with Gasteiger partial charge in [0.15, 0.2) is 0 Å². The number of nitrogens with zero attached hydrogens (tertiary/aromatic N) is 2. The van der Waals surface area contributed by atoms with Gasteiger partial charge in [0, 0.05) is 13.6 Å². The summed E-state index contributed by atoms with van der Waals surface area (Å²) in [5, 5.41) is 3.04. The molecule has 7 nitrogen and oxygen atoms in total. The molecule has 136 valence electrons. The maximum absolute atomic E-state index is 12.7. The molecular formula is C17H22ClN3O4. The number of morpholine rings is 1. The fourth-order valence-electron chi connectivity index (χ4n) is 3.39. The van der Waals surface area contributed by atoms with Gasteiger partial charge in [-0.05, 0) is 25.2 Å². The van der Waals surface area contributed by atoms with Crippen LogP contribution in [-0.4, -0.2) is 80.7 Å². The van der Waals surface area contributed by atoms with Crippen molar-refractivity contribution in [3.8, 4) is 5.75 Å². The summed E-state index contributed by atoms with van der Waals surface area (Å²) in [4.78, 5) is 28.2. The largest absolute Gasteiger partial charge is 0.497 e. The SMILES string of the molecule is CNC(=O)[C@H]1COC2(CN(C(=O)c3cc(OC)ccc3Cl)C2)CN1C. The molecule has 1 aromatic rings. The Morgan fingerprint density at radius 3 is 2.68 bits per heavy atom. The number of ether oxygens (including phenoxy) is 2. The lowest BCUT2D eigenvalue weighted by atomic mass is 9.90. The number of amides is 2. The van der Waals surface area contributed by atoms with Gasteiger partial charge in [-0.25, -0.2) is 0 Å². The molecule has 25 heavy (non-hydrogen) atoms. The molecule has 2 fully saturated rings. The first-order chi connectivity index (χ1) is 11.9. The van der Waals surface area contributed by atoms with E-state index in [9.17, 15) is 9.59 Å². The number of methoxy groups -OCH3 is 1. The van der Waals surface area contributed by atoms with Gasteiger partial charge in [0.2, 0.25) is 5.91 Å². The van der Waals surface area contributed by atoms with Crippen LogP contribution >= 0.6 is 11.6 Å². The van der Waals surface area contributed by atoms with E-state index in [1.165, 1.54) is 0 Å². The highest BCUT2D eigenvalue weighted by atomic mass is 35.5. The molecule has 0 aliphatic carbocycles. The van der Waals surface area contributed by atoms with Crippen LogP contribution in [0.4, 0.5) is 0 Å². The number of likely N-dealkylation sites (tertiary alicyclic amines) is 1. The number of halogens is 1. The first kappa shape index (κ1) is 18.0. The first-order valence-corrected chi connectivity index (χ1v) is 8.45. The molecule has 2 aliphatic rings. The Kier molecular flexibility index (Phi) is 4.90. The number of likely N-dealkylation sites (N-methyl/N-ethyl adjacent to an activating group) is 2. The molecule has 1 N–H and O–H groups in total. The lowest BCUT2D eigenvalue weighted by Gasteiger charge is -2.54. The third-order valence-electron chi connectivity index (χ3n) is 4.82. The number of benzene rings is 1. The first-order valence-electron chi connectivity index (χ1n) is 8.08. The lowest BCUT2D eigenvalue weighted by Crippen LogP contribution is -2.73. The van der Waals surface area contributed by atoms with E-state index < -0.39 is 5.60 Å². The van der Waals surface area contributed by atoms with E-state index in [0.717, 1.165) is 0 Å². The fourth-order valence-corrected chi connectivity index (χ4v) is 3.58. The molecule has 2 saturated heterocycles. The highest BCUT2D eigenvalue weighted by Crippen LogP contribution is 2.33.